The van der Waals surface area contributed by atoms with Crippen LogP contribution in [-0.4, -0.2) is 14.8 Å². The van der Waals surface area contributed by atoms with Gasteiger partial charge >= 0.3 is 0 Å². The van der Waals surface area contributed by atoms with Gasteiger partial charge in [-0.3, -0.25) is 9.67 Å². The second kappa shape index (κ2) is 4.91. The summed E-state index contributed by atoms with van der Waals surface area (Å²) in [4.78, 5) is 4.02. The Morgan fingerprint density at radius 2 is 2.18 bits per heavy atom. The van der Waals surface area contributed by atoms with E-state index in [1.54, 1.807) is 18.6 Å². The standard InChI is InChI=1S/C12H9N5/c13-4-3-11-9-17(7-5-14)16-12(11)10-2-1-6-15-8-10/h1-2,6,8-9H,3,7H2. The highest BCUT2D eigenvalue weighted by molar-refractivity contribution is 5.61. The van der Waals surface area contributed by atoms with Gasteiger partial charge in [0, 0.05) is 29.7 Å². The van der Waals surface area contributed by atoms with Crippen LogP contribution < -0.4 is 0 Å². The fourth-order valence-corrected chi connectivity index (χ4v) is 1.58. The molecule has 2 aromatic rings. The van der Waals surface area contributed by atoms with Crippen LogP contribution in [0.3, 0.4) is 0 Å². The first kappa shape index (κ1) is 10.8. The molecule has 5 nitrogen and oxygen atoms in total. The number of nitriles is 2. The van der Waals surface area contributed by atoms with E-state index >= 15 is 0 Å². The van der Waals surface area contributed by atoms with Gasteiger partial charge in [0.05, 0.1) is 24.3 Å². The molecule has 0 unspecified atom stereocenters. The monoisotopic (exact) mass is 223 g/mol. The molecule has 0 amide bonds. The van der Waals surface area contributed by atoms with E-state index in [-0.39, 0.29) is 13.0 Å². The Hall–Kier alpha value is -2.66. The maximum Gasteiger partial charge on any atom is 0.128 e. The molecule has 0 saturated heterocycles. The minimum Gasteiger partial charge on any atom is -0.264 e. The molecule has 17 heavy (non-hydrogen) atoms. The van der Waals surface area contributed by atoms with Crippen molar-refractivity contribution in [3.8, 4) is 23.4 Å². The molecular weight excluding hydrogens is 214 g/mol. The highest BCUT2D eigenvalue weighted by Crippen LogP contribution is 2.21. The maximum absolute atomic E-state index is 8.76. The molecule has 0 N–H and O–H groups in total. The Labute approximate surface area is 98.6 Å². The summed E-state index contributed by atoms with van der Waals surface area (Å²) >= 11 is 0. The molecule has 0 saturated carbocycles. The van der Waals surface area contributed by atoms with Crippen molar-refractivity contribution >= 4 is 0 Å². The third-order valence-corrected chi connectivity index (χ3v) is 2.27. The van der Waals surface area contributed by atoms with Gasteiger partial charge in [0.15, 0.2) is 0 Å². The summed E-state index contributed by atoms with van der Waals surface area (Å²) in [5.74, 6) is 0. The normalized spacial score (nSPS) is 9.53. The number of hydrogen-bond donors (Lipinski definition) is 0. The van der Waals surface area contributed by atoms with E-state index in [9.17, 15) is 0 Å². The Morgan fingerprint density at radius 3 is 2.82 bits per heavy atom. The summed E-state index contributed by atoms with van der Waals surface area (Å²) in [6.07, 6.45) is 5.38. The van der Waals surface area contributed by atoms with Crippen molar-refractivity contribution in [2.75, 3.05) is 0 Å². The Kier molecular flexibility index (Phi) is 3.13. The summed E-state index contributed by atoms with van der Waals surface area (Å²) in [5, 5.41) is 21.7. The van der Waals surface area contributed by atoms with Gasteiger partial charge in [0.2, 0.25) is 0 Å². The Morgan fingerprint density at radius 1 is 1.29 bits per heavy atom. The molecule has 2 rings (SSSR count). The largest absolute Gasteiger partial charge is 0.264 e. The van der Waals surface area contributed by atoms with Crippen LogP contribution in [0.4, 0.5) is 0 Å². The number of nitrogens with zero attached hydrogens (tertiary/aromatic N) is 5. The zero-order valence-corrected chi connectivity index (χ0v) is 9.04. The third kappa shape index (κ3) is 2.30. The van der Waals surface area contributed by atoms with Crippen LogP contribution in [-0.2, 0) is 13.0 Å². The number of aromatic nitrogens is 3. The molecule has 0 bridgehead atoms. The molecule has 0 aliphatic heterocycles. The fourth-order valence-electron chi connectivity index (χ4n) is 1.58. The van der Waals surface area contributed by atoms with Crippen molar-refractivity contribution in [2.24, 2.45) is 0 Å². The van der Waals surface area contributed by atoms with Gasteiger partial charge in [-0.2, -0.15) is 15.6 Å². The first-order chi connectivity index (χ1) is 8.35. The molecule has 0 atom stereocenters. The Bertz CT molecular complexity index is 586. The lowest BCUT2D eigenvalue weighted by Gasteiger charge is -1.97. The Balaban J connectivity index is 2.46. The van der Waals surface area contributed by atoms with E-state index in [0.29, 0.717) is 0 Å². The minimum atomic E-state index is 0.179. The first-order valence-electron chi connectivity index (χ1n) is 5.05. The van der Waals surface area contributed by atoms with Crippen LogP contribution in [0.15, 0.2) is 30.7 Å². The van der Waals surface area contributed by atoms with E-state index in [1.165, 1.54) is 4.68 Å². The van der Waals surface area contributed by atoms with Crippen LogP contribution in [0.2, 0.25) is 0 Å². The number of rotatable bonds is 3. The molecule has 0 radical (unpaired) electrons. The van der Waals surface area contributed by atoms with Crippen LogP contribution >= 0.6 is 0 Å². The molecule has 0 aromatic carbocycles. The molecule has 0 aliphatic carbocycles. The minimum absolute atomic E-state index is 0.179. The molecular formula is C12H9N5. The van der Waals surface area contributed by atoms with Gasteiger partial charge in [0.25, 0.3) is 0 Å². The lowest BCUT2D eigenvalue weighted by Crippen LogP contribution is -1.95. The van der Waals surface area contributed by atoms with Crippen LogP contribution in [0, 0.1) is 22.7 Å². The molecule has 0 spiro atoms. The third-order valence-electron chi connectivity index (χ3n) is 2.27. The summed E-state index contributed by atoms with van der Waals surface area (Å²) in [5.41, 5.74) is 2.39. The van der Waals surface area contributed by atoms with Crippen molar-refractivity contribution in [3.63, 3.8) is 0 Å². The predicted octanol–water partition coefficient (Wildman–Crippen LogP) is 1.53. The van der Waals surface area contributed by atoms with E-state index in [2.05, 4.69) is 16.2 Å². The lowest BCUT2D eigenvalue weighted by atomic mass is 10.1. The smallest absolute Gasteiger partial charge is 0.128 e. The van der Waals surface area contributed by atoms with Gasteiger partial charge in [-0.15, -0.1) is 0 Å². The van der Waals surface area contributed by atoms with Gasteiger partial charge in [-0.25, -0.2) is 0 Å². The summed E-state index contributed by atoms with van der Waals surface area (Å²) in [6.45, 7) is 0.179. The lowest BCUT2D eigenvalue weighted by molar-refractivity contribution is 0.712. The van der Waals surface area contributed by atoms with Crippen molar-refractivity contribution in [1.29, 1.82) is 10.5 Å². The predicted molar refractivity (Wildman–Crippen MR) is 60.4 cm³/mol. The molecule has 2 aromatic heterocycles. The average Bonchev–Trinajstić information content (AvgIpc) is 2.74. The molecule has 0 aliphatic rings. The van der Waals surface area contributed by atoms with Crippen molar-refractivity contribution in [2.45, 2.75) is 13.0 Å². The zero-order chi connectivity index (χ0) is 12.1. The van der Waals surface area contributed by atoms with Crippen LogP contribution in [0.25, 0.3) is 11.3 Å². The highest BCUT2D eigenvalue weighted by atomic mass is 15.3. The van der Waals surface area contributed by atoms with Crippen LogP contribution in [0.1, 0.15) is 5.56 Å². The quantitative estimate of drug-likeness (QED) is 0.790. The number of pyridine rings is 1. The molecule has 82 valence electrons. The second-order valence-corrected chi connectivity index (χ2v) is 3.44. The average molecular weight is 223 g/mol. The van der Waals surface area contributed by atoms with E-state index in [1.807, 2.05) is 18.2 Å². The molecule has 0 fully saturated rings. The van der Waals surface area contributed by atoms with E-state index < -0.39 is 0 Å². The van der Waals surface area contributed by atoms with E-state index in [4.69, 9.17) is 10.5 Å². The zero-order valence-electron chi connectivity index (χ0n) is 9.04. The highest BCUT2D eigenvalue weighted by Gasteiger charge is 2.10. The van der Waals surface area contributed by atoms with Gasteiger partial charge in [-0.05, 0) is 12.1 Å². The van der Waals surface area contributed by atoms with Crippen molar-refractivity contribution in [3.05, 3.63) is 36.3 Å². The van der Waals surface area contributed by atoms with Crippen LogP contribution in [0.5, 0.6) is 0 Å². The van der Waals surface area contributed by atoms with Gasteiger partial charge in [-0.1, -0.05) is 0 Å². The van der Waals surface area contributed by atoms with Gasteiger partial charge in [0.1, 0.15) is 6.54 Å². The van der Waals surface area contributed by atoms with E-state index in [0.717, 1.165) is 16.8 Å². The van der Waals surface area contributed by atoms with Crippen molar-refractivity contribution < 1.29 is 0 Å². The summed E-state index contributed by atoms with van der Waals surface area (Å²) in [7, 11) is 0. The summed E-state index contributed by atoms with van der Waals surface area (Å²) < 4.78 is 1.54. The molecule has 5 heteroatoms. The molecule has 2 heterocycles. The summed E-state index contributed by atoms with van der Waals surface area (Å²) in [6, 6.07) is 7.81. The maximum atomic E-state index is 8.76. The first-order valence-corrected chi connectivity index (χ1v) is 5.05. The second-order valence-electron chi connectivity index (χ2n) is 3.44. The fraction of sp³-hybridized carbons (Fsp3) is 0.167. The topological polar surface area (TPSA) is 78.3 Å². The van der Waals surface area contributed by atoms with Gasteiger partial charge < -0.3 is 0 Å². The van der Waals surface area contributed by atoms with Crippen molar-refractivity contribution in [1.82, 2.24) is 14.8 Å². The SMILES string of the molecule is N#CCc1cn(CC#N)nc1-c1cccnc1. The number of hydrogen-bond acceptors (Lipinski definition) is 4.